The van der Waals surface area contributed by atoms with E-state index in [1.807, 2.05) is 44.2 Å². The minimum atomic E-state index is -0.401. The maximum atomic E-state index is 11.5. The Morgan fingerprint density at radius 1 is 1.33 bits per heavy atom. The van der Waals surface area contributed by atoms with Crippen molar-refractivity contribution in [3.8, 4) is 11.6 Å². The zero-order chi connectivity index (χ0) is 12.3. The van der Waals surface area contributed by atoms with E-state index in [1.165, 1.54) is 4.68 Å². The number of benzene rings is 1. The molecule has 2 aromatic rings. The first-order valence-electron chi connectivity index (χ1n) is 5.55. The molecule has 0 saturated heterocycles. The molecule has 6 heteroatoms. The van der Waals surface area contributed by atoms with Gasteiger partial charge in [0.1, 0.15) is 0 Å². The van der Waals surface area contributed by atoms with Crippen LogP contribution in [0.1, 0.15) is 19.5 Å². The third kappa shape index (κ3) is 3.21. The lowest BCUT2D eigenvalue weighted by molar-refractivity contribution is -0.677. The Bertz CT molecular complexity index is 485. The molecule has 0 aliphatic rings. The van der Waals surface area contributed by atoms with E-state index in [-0.39, 0.29) is 12.4 Å². The second kappa shape index (κ2) is 6.37. The highest BCUT2D eigenvalue weighted by Gasteiger charge is 2.19. The maximum absolute atomic E-state index is 11.5. The SMILES string of the molecule is CC(C)NCc1c([O-])on[n+]1-c1ccccc1.Cl. The van der Waals surface area contributed by atoms with Gasteiger partial charge in [-0.2, -0.15) is 0 Å². The van der Waals surface area contributed by atoms with E-state index in [1.54, 1.807) is 0 Å². The Hall–Kier alpha value is -1.59. The maximum Gasteiger partial charge on any atom is 0.253 e. The third-order valence-corrected chi connectivity index (χ3v) is 2.38. The molecular weight excluding hydrogens is 254 g/mol. The normalized spacial score (nSPS) is 10.4. The summed E-state index contributed by atoms with van der Waals surface area (Å²) in [7, 11) is 0. The van der Waals surface area contributed by atoms with Crippen molar-refractivity contribution in [2.75, 3.05) is 0 Å². The van der Waals surface area contributed by atoms with E-state index in [9.17, 15) is 5.11 Å². The predicted octanol–water partition coefficient (Wildman–Crippen LogP) is 0.945. The van der Waals surface area contributed by atoms with Gasteiger partial charge in [0.25, 0.3) is 5.69 Å². The average molecular weight is 270 g/mol. The molecule has 0 amide bonds. The van der Waals surface area contributed by atoms with E-state index in [0.717, 1.165) is 5.69 Å². The van der Waals surface area contributed by atoms with E-state index < -0.39 is 5.95 Å². The first-order chi connectivity index (χ1) is 8.18. The van der Waals surface area contributed by atoms with E-state index >= 15 is 0 Å². The van der Waals surface area contributed by atoms with Crippen LogP contribution in [-0.2, 0) is 6.54 Å². The van der Waals surface area contributed by atoms with Crippen LogP contribution in [0.15, 0.2) is 34.9 Å². The Labute approximate surface area is 112 Å². The summed E-state index contributed by atoms with van der Waals surface area (Å²) in [6.45, 7) is 4.48. The van der Waals surface area contributed by atoms with Gasteiger partial charge in [0.15, 0.2) is 5.95 Å². The number of nitrogens with one attached hydrogen (secondary N) is 1. The molecule has 0 atom stereocenters. The molecule has 0 aliphatic carbocycles. The van der Waals surface area contributed by atoms with Gasteiger partial charge in [0.05, 0.1) is 11.8 Å². The third-order valence-electron chi connectivity index (χ3n) is 2.38. The Kier molecular flexibility index (Phi) is 5.12. The molecule has 0 unspecified atom stereocenters. The van der Waals surface area contributed by atoms with Gasteiger partial charge >= 0.3 is 0 Å². The van der Waals surface area contributed by atoms with Crippen LogP contribution in [0.3, 0.4) is 0 Å². The number of para-hydroxylation sites is 1. The van der Waals surface area contributed by atoms with Crippen LogP contribution in [0, 0.1) is 0 Å². The van der Waals surface area contributed by atoms with Gasteiger partial charge in [0.2, 0.25) is 5.69 Å². The molecule has 1 aromatic carbocycles. The Balaban J connectivity index is 0.00000162. The molecular formula is C12H16ClN3O2. The van der Waals surface area contributed by atoms with Crippen LogP contribution in [0.2, 0.25) is 0 Å². The lowest BCUT2D eigenvalue weighted by atomic mass is 10.3. The summed E-state index contributed by atoms with van der Waals surface area (Å²) >= 11 is 0. The predicted molar refractivity (Wildman–Crippen MR) is 66.7 cm³/mol. The van der Waals surface area contributed by atoms with Crippen LogP contribution in [-0.4, -0.2) is 11.3 Å². The zero-order valence-electron chi connectivity index (χ0n) is 10.3. The first-order valence-corrected chi connectivity index (χ1v) is 5.55. The lowest BCUT2D eigenvalue weighted by Crippen LogP contribution is -2.39. The molecule has 2 rings (SSSR count). The summed E-state index contributed by atoms with van der Waals surface area (Å²) in [6, 6.07) is 9.74. The van der Waals surface area contributed by atoms with Gasteiger partial charge in [-0.15, -0.1) is 12.4 Å². The fourth-order valence-electron chi connectivity index (χ4n) is 1.49. The molecule has 5 nitrogen and oxygen atoms in total. The van der Waals surface area contributed by atoms with Crippen LogP contribution < -0.4 is 15.1 Å². The number of hydrogen-bond acceptors (Lipinski definition) is 4. The number of hydrogen-bond donors (Lipinski definition) is 1. The van der Waals surface area contributed by atoms with Gasteiger partial charge in [-0.05, 0) is 4.68 Å². The van der Waals surface area contributed by atoms with Crippen molar-refractivity contribution in [2.45, 2.75) is 26.4 Å². The van der Waals surface area contributed by atoms with Gasteiger partial charge in [-0.3, -0.25) is 0 Å². The second-order valence-electron chi connectivity index (χ2n) is 4.09. The molecule has 1 N–H and O–H groups in total. The zero-order valence-corrected chi connectivity index (χ0v) is 11.1. The summed E-state index contributed by atoms with van der Waals surface area (Å²) in [5, 5.41) is 18.5. The minimum Gasteiger partial charge on any atom is -0.539 e. The largest absolute Gasteiger partial charge is 0.539 e. The van der Waals surface area contributed by atoms with Gasteiger partial charge in [0, 0.05) is 18.2 Å². The minimum absolute atomic E-state index is 0. The highest BCUT2D eigenvalue weighted by molar-refractivity contribution is 5.85. The van der Waals surface area contributed by atoms with Crippen molar-refractivity contribution >= 4 is 12.4 Å². The highest BCUT2D eigenvalue weighted by Crippen LogP contribution is 2.09. The van der Waals surface area contributed by atoms with Crippen LogP contribution >= 0.6 is 12.4 Å². The fraction of sp³-hybridized carbons (Fsp3) is 0.333. The smallest absolute Gasteiger partial charge is 0.253 e. The van der Waals surface area contributed by atoms with Crippen molar-refractivity contribution in [1.29, 1.82) is 0 Å². The van der Waals surface area contributed by atoms with Crippen molar-refractivity contribution in [1.82, 2.24) is 10.6 Å². The second-order valence-corrected chi connectivity index (χ2v) is 4.09. The molecule has 1 heterocycles. The van der Waals surface area contributed by atoms with Gasteiger partial charge < -0.3 is 14.9 Å². The molecule has 0 spiro atoms. The molecule has 18 heavy (non-hydrogen) atoms. The van der Waals surface area contributed by atoms with E-state index in [2.05, 4.69) is 10.6 Å². The topological polar surface area (TPSA) is 65.0 Å². The first kappa shape index (κ1) is 14.5. The Morgan fingerprint density at radius 3 is 2.61 bits per heavy atom. The summed E-state index contributed by atoms with van der Waals surface area (Å²) in [5.41, 5.74) is 1.32. The van der Waals surface area contributed by atoms with E-state index in [0.29, 0.717) is 18.3 Å². The van der Waals surface area contributed by atoms with E-state index in [4.69, 9.17) is 4.52 Å². The molecule has 0 aliphatic heterocycles. The molecule has 98 valence electrons. The standard InChI is InChI=1S/C12H15N3O2.ClH/c1-9(2)13-8-11-12(16)17-14-15(11)10-6-4-3-5-7-10;/h3-7,9,13H,8H2,1-2H3;1H. The number of halogens is 1. The van der Waals surface area contributed by atoms with Crippen molar-refractivity contribution in [3.05, 3.63) is 36.0 Å². The molecule has 1 aromatic heterocycles. The number of aromatic nitrogens is 2. The van der Waals surface area contributed by atoms with Crippen molar-refractivity contribution in [2.24, 2.45) is 0 Å². The summed E-state index contributed by atoms with van der Waals surface area (Å²) < 4.78 is 6.23. The monoisotopic (exact) mass is 269 g/mol. The van der Waals surface area contributed by atoms with Crippen LogP contribution in [0.25, 0.3) is 5.69 Å². The summed E-state index contributed by atoms with van der Waals surface area (Å²) in [4.78, 5) is 0. The fourth-order valence-corrected chi connectivity index (χ4v) is 1.49. The molecule has 0 fully saturated rings. The lowest BCUT2D eigenvalue weighted by Gasteiger charge is -2.05. The van der Waals surface area contributed by atoms with Crippen molar-refractivity contribution in [3.63, 3.8) is 0 Å². The Morgan fingerprint density at radius 2 is 2.00 bits per heavy atom. The highest BCUT2D eigenvalue weighted by atomic mass is 35.5. The van der Waals surface area contributed by atoms with Crippen LogP contribution in [0.4, 0.5) is 0 Å². The molecule has 0 saturated carbocycles. The summed E-state index contributed by atoms with van der Waals surface area (Å²) in [6.07, 6.45) is 0. The van der Waals surface area contributed by atoms with Crippen LogP contribution in [0.5, 0.6) is 5.95 Å². The summed E-state index contributed by atoms with van der Waals surface area (Å²) in [5.74, 6) is -0.401. The number of rotatable bonds is 4. The molecule has 0 radical (unpaired) electrons. The number of nitrogens with zero attached hydrogens (tertiary/aromatic N) is 2. The molecule has 0 bridgehead atoms. The van der Waals surface area contributed by atoms with Gasteiger partial charge in [-0.25, -0.2) is 0 Å². The van der Waals surface area contributed by atoms with Gasteiger partial charge in [-0.1, -0.05) is 32.0 Å². The van der Waals surface area contributed by atoms with Crippen molar-refractivity contribution < 1.29 is 14.3 Å². The quantitative estimate of drug-likeness (QED) is 0.839. The average Bonchev–Trinajstić information content (AvgIpc) is 2.69.